The van der Waals surface area contributed by atoms with Gasteiger partial charge < -0.3 is 19.1 Å². The van der Waals surface area contributed by atoms with Crippen molar-refractivity contribution < 1.29 is 19.1 Å². The van der Waals surface area contributed by atoms with Crippen molar-refractivity contribution in [3.05, 3.63) is 0 Å². The van der Waals surface area contributed by atoms with E-state index < -0.39 is 0 Å². The highest BCUT2D eigenvalue weighted by Gasteiger charge is 2.02. The van der Waals surface area contributed by atoms with E-state index in [1.54, 1.807) is 0 Å². The molecule has 4 heteroatoms. The fourth-order valence-electron chi connectivity index (χ4n) is 1.16. The Bertz CT molecular complexity index is 109. The molecule has 1 aliphatic heterocycles. The van der Waals surface area contributed by atoms with Gasteiger partial charge in [-0.05, 0) is 0 Å². The Morgan fingerprint density at radius 3 is 1.54 bits per heavy atom. The third-order valence-corrected chi connectivity index (χ3v) is 2.09. The van der Waals surface area contributed by atoms with Gasteiger partial charge in [0.2, 0.25) is 0 Å². The maximum atomic E-state index is 5.39. The first-order valence-electron chi connectivity index (χ1n) is 4.94. The zero-order chi connectivity index (χ0) is 9.36. The van der Waals surface area contributed by atoms with Crippen LogP contribution in [0.3, 0.4) is 0 Å². The number of rotatable bonds is 0. The van der Waals surface area contributed by atoms with Crippen LogP contribution in [0.5, 0.6) is 0 Å². The second kappa shape index (κ2) is 7.26. The van der Waals surface area contributed by atoms with Crippen molar-refractivity contribution in [1.82, 2.24) is 0 Å². The molecule has 0 atom stereocenters. The second-order valence-electron chi connectivity index (χ2n) is 3.29. The largest absolute Gasteiger partial charge is 0.377 e. The minimum Gasteiger partial charge on any atom is -0.377 e. The first-order valence-corrected chi connectivity index (χ1v) is 4.94. The summed E-state index contributed by atoms with van der Waals surface area (Å²) < 4.78 is 16.1. The van der Waals surface area contributed by atoms with Crippen molar-refractivity contribution >= 4 is 0 Å². The summed E-state index contributed by atoms with van der Waals surface area (Å²) >= 11 is 0. The molecule has 1 aliphatic rings. The van der Waals surface area contributed by atoms with Gasteiger partial charge in [-0.25, -0.2) is 0 Å². The van der Waals surface area contributed by atoms with Crippen LogP contribution in [0, 0.1) is 0 Å². The fraction of sp³-hybridized carbons (Fsp3) is 1.00. The van der Waals surface area contributed by atoms with Gasteiger partial charge in [-0.1, -0.05) is 0 Å². The summed E-state index contributed by atoms with van der Waals surface area (Å²) in [7, 11) is 2.16. The molecule has 0 aromatic rings. The van der Waals surface area contributed by atoms with Gasteiger partial charge in [0.15, 0.2) is 0 Å². The van der Waals surface area contributed by atoms with Gasteiger partial charge in [-0.2, -0.15) is 0 Å². The van der Waals surface area contributed by atoms with E-state index in [0.717, 1.165) is 26.3 Å². The van der Waals surface area contributed by atoms with Crippen molar-refractivity contribution in [3.8, 4) is 0 Å². The van der Waals surface area contributed by atoms with Crippen molar-refractivity contribution in [2.75, 3.05) is 59.8 Å². The molecule has 0 spiro atoms. The zero-order valence-corrected chi connectivity index (χ0v) is 8.38. The number of nitrogens with one attached hydrogen (secondary N) is 1. The molecule has 0 saturated carbocycles. The van der Waals surface area contributed by atoms with Gasteiger partial charge >= 0.3 is 0 Å². The van der Waals surface area contributed by atoms with E-state index in [2.05, 4.69) is 7.05 Å². The van der Waals surface area contributed by atoms with Gasteiger partial charge in [0.05, 0.1) is 46.7 Å². The minimum absolute atomic E-state index is 0.683. The Labute approximate surface area is 79.8 Å². The Hall–Kier alpha value is -0.160. The second-order valence-corrected chi connectivity index (χ2v) is 3.29. The average molecular weight is 190 g/mol. The topological polar surface area (TPSA) is 32.1 Å². The summed E-state index contributed by atoms with van der Waals surface area (Å²) in [5, 5.41) is 0. The molecule has 78 valence electrons. The summed E-state index contributed by atoms with van der Waals surface area (Å²) in [6, 6.07) is 0. The lowest BCUT2D eigenvalue weighted by Crippen LogP contribution is -3.10. The molecule has 13 heavy (non-hydrogen) atoms. The van der Waals surface area contributed by atoms with Crippen molar-refractivity contribution in [2.45, 2.75) is 0 Å². The maximum Gasteiger partial charge on any atom is 0.101 e. The van der Waals surface area contributed by atoms with Crippen molar-refractivity contribution in [1.29, 1.82) is 0 Å². The van der Waals surface area contributed by atoms with E-state index in [1.165, 1.54) is 4.90 Å². The van der Waals surface area contributed by atoms with Crippen LogP contribution >= 0.6 is 0 Å². The lowest BCUT2D eigenvalue weighted by Gasteiger charge is -2.15. The Kier molecular flexibility index (Phi) is 6.10. The number of ether oxygens (including phenoxy) is 3. The summed E-state index contributed by atoms with van der Waals surface area (Å²) in [5.41, 5.74) is 0. The maximum absolute atomic E-state index is 5.39. The van der Waals surface area contributed by atoms with Crippen LogP contribution in [0.2, 0.25) is 0 Å². The number of hydrogen-bond acceptors (Lipinski definition) is 3. The van der Waals surface area contributed by atoms with Gasteiger partial charge in [0.25, 0.3) is 0 Å². The predicted octanol–water partition coefficient (Wildman–Crippen LogP) is -1.44. The normalized spacial score (nSPS) is 24.7. The van der Waals surface area contributed by atoms with E-state index in [4.69, 9.17) is 14.2 Å². The molecular formula is C9H20NO3+. The Morgan fingerprint density at radius 1 is 0.692 bits per heavy atom. The average Bonchev–Trinajstić information content (AvgIpc) is 2.11. The fourth-order valence-corrected chi connectivity index (χ4v) is 1.16. The van der Waals surface area contributed by atoms with E-state index in [0.29, 0.717) is 26.4 Å². The molecule has 0 aromatic heterocycles. The molecule has 0 amide bonds. The SMILES string of the molecule is C[NH+]1CCOCCOCCOCC1. The lowest BCUT2D eigenvalue weighted by molar-refractivity contribution is -0.880. The van der Waals surface area contributed by atoms with E-state index >= 15 is 0 Å². The van der Waals surface area contributed by atoms with Crippen molar-refractivity contribution in [2.24, 2.45) is 0 Å². The first kappa shape index (κ1) is 10.9. The summed E-state index contributed by atoms with van der Waals surface area (Å²) in [5.74, 6) is 0. The monoisotopic (exact) mass is 190 g/mol. The quantitative estimate of drug-likeness (QED) is 0.508. The summed E-state index contributed by atoms with van der Waals surface area (Å²) in [6.07, 6.45) is 0. The van der Waals surface area contributed by atoms with Crippen LogP contribution in [0.25, 0.3) is 0 Å². The smallest absolute Gasteiger partial charge is 0.101 e. The van der Waals surface area contributed by atoms with E-state index in [9.17, 15) is 0 Å². The van der Waals surface area contributed by atoms with Crippen LogP contribution in [-0.4, -0.2) is 59.8 Å². The van der Waals surface area contributed by atoms with Gasteiger partial charge in [-0.15, -0.1) is 0 Å². The third kappa shape index (κ3) is 5.99. The van der Waals surface area contributed by atoms with E-state index in [1.807, 2.05) is 0 Å². The molecule has 0 aliphatic carbocycles. The number of likely N-dealkylation sites (N-methyl/N-ethyl adjacent to an activating group) is 1. The molecule has 0 bridgehead atoms. The van der Waals surface area contributed by atoms with Crippen molar-refractivity contribution in [3.63, 3.8) is 0 Å². The van der Waals surface area contributed by atoms with Crippen LogP contribution in [0.4, 0.5) is 0 Å². The Morgan fingerprint density at radius 2 is 1.08 bits per heavy atom. The molecule has 1 heterocycles. The van der Waals surface area contributed by atoms with Gasteiger partial charge in [-0.3, -0.25) is 0 Å². The van der Waals surface area contributed by atoms with Gasteiger partial charge in [0.1, 0.15) is 13.1 Å². The molecule has 0 aromatic carbocycles. The number of quaternary nitrogens is 1. The molecule has 1 N–H and O–H groups in total. The van der Waals surface area contributed by atoms with Gasteiger partial charge in [0, 0.05) is 0 Å². The number of hydrogen-bond donors (Lipinski definition) is 1. The standard InChI is InChI=1S/C9H19NO3/c1-10-2-4-11-6-8-13-9-7-12-5-3-10/h2-9H2,1H3/p+1. The highest BCUT2D eigenvalue weighted by atomic mass is 16.5. The minimum atomic E-state index is 0.683. The molecule has 0 unspecified atom stereocenters. The van der Waals surface area contributed by atoms with Crippen LogP contribution in [0.15, 0.2) is 0 Å². The van der Waals surface area contributed by atoms with Crippen LogP contribution in [-0.2, 0) is 14.2 Å². The lowest BCUT2D eigenvalue weighted by atomic mass is 10.5. The first-order chi connectivity index (χ1) is 6.39. The zero-order valence-electron chi connectivity index (χ0n) is 8.38. The summed E-state index contributed by atoms with van der Waals surface area (Å²) in [6.45, 7) is 6.49. The van der Waals surface area contributed by atoms with Crippen LogP contribution in [0.1, 0.15) is 0 Å². The third-order valence-electron chi connectivity index (χ3n) is 2.09. The highest BCUT2D eigenvalue weighted by Crippen LogP contribution is 1.81. The molecule has 1 rings (SSSR count). The van der Waals surface area contributed by atoms with Crippen LogP contribution < -0.4 is 4.90 Å². The Balaban J connectivity index is 2.11. The molecule has 1 fully saturated rings. The van der Waals surface area contributed by atoms with E-state index in [-0.39, 0.29) is 0 Å². The molecule has 4 nitrogen and oxygen atoms in total. The predicted molar refractivity (Wildman–Crippen MR) is 49.1 cm³/mol. The highest BCUT2D eigenvalue weighted by molar-refractivity contribution is 4.36. The molecule has 1 saturated heterocycles. The summed E-state index contributed by atoms with van der Waals surface area (Å²) in [4.78, 5) is 1.46. The molecular weight excluding hydrogens is 170 g/mol. The molecule has 0 radical (unpaired) electrons.